The quantitative estimate of drug-likeness (QED) is 0.406. The molecule has 0 fully saturated rings. The molecule has 0 spiro atoms. The zero-order chi connectivity index (χ0) is 7.49. The highest BCUT2D eigenvalue weighted by molar-refractivity contribution is 5.10. The lowest BCUT2D eigenvalue weighted by Crippen LogP contribution is -2.10. The predicted molar refractivity (Wildman–Crippen MR) is 22.4 cm³/mol. The van der Waals surface area contributed by atoms with E-state index in [-0.39, 0.29) is 6.08 Å². The van der Waals surface area contributed by atoms with Crippen LogP contribution in [0.3, 0.4) is 0 Å². The molecule has 0 aliphatic heterocycles. The van der Waals surface area contributed by atoms with Crippen LogP contribution in [0.15, 0.2) is 11.8 Å². The molecule has 50 valence electrons. The van der Waals surface area contributed by atoms with Crippen molar-refractivity contribution >= 4 is 0 Å². The summed E-state index contributed by atoms with van der Waals surface area (Å²) in [4.78, 5) is 0. The van der Waals surface area contributed by atoms with Crippen molar-refractivity contribution < 1.29 is 18.3 Å². The highest BCUT2D eigenvalue weighted by Gasteiger charge is 2.33. The van der Waals surface area contributed by atoms with Gasteiger partial charge in [-0.2, -0.15) is 18.4 Å². The van der Waals surface area contributed by atoms with Gasteiger partial charge in [-0.15, -0.1) is 0 Å². The summed E-state index contributed by atoms with van der Waals surface area (Å²) in [6.07, 6.45) is -4.77. The number of aliphatic hydroxyl groups excluding tert-OH is 1. The standard InChI is InChI=1S/C4H2F3NO/c5-4(6,7)3(9)1-2-8/h1,9H/b3-1+. The van der Waals surface area contributed by atoms with Gasteiger partial charge in [0, 0.05) is 0 Å². The second-order valence-electron chi connectivity index (χ2n) is 1.16. The Morgan fingerprint density at radius 3 is 2.11 bits per heavy atom. The van der Waals surface area contributed by atoms with Crippen molar-refractivity contribution in [3.8, 4) is 6.07 Å². The maximum absolute atomic E-state index is 11.2. The lowest BCUT2D eigenvalue weighted by atomic mass is 10.4. The molecule has 5 heteroatoms. The minimum atomic E-state index is -4.80. The van der Waals surface area contributed by atoms with Crippen LogP contribution in [0.1, 0.15) is 0 Å². The number of aliphatic hydroxyl groups is 1. The molecule has 0 amide bonds. The van der Waals surface area contributed by atoms with Gasteiger partial charge >= 0.3 is 6.18 Å². The molecule has 9 heavy (non-hydrogen) atoms. The van der Waals surface area contributed by atoms with Crippen molar-refractivity contribution in [3.05, 3.63) is 11.8 Å². The summed E-state index contributed by atoms with van der Waals surface area (Å²) in [7, 11) is 0. The Hall–Kier alpha value is -1.18. The first-order valence-corrected chi connectivity index (χ1v) is 1.84. The fourth-order valence-corrected chi connectivity index (χ4v) is 0.143. The number of alkyl halides is 3. The summed E-state index contributed by atoms with van der Waals surface area (Å²) < 4.78 is 33.5. The third-order valence-corrected chi connectivity index (χ3v) is 0.492. The van der Waals surface area contributed by atoms with Crippen LogP contribution >= 0.6 is 0 Å². The van der Waals surface area contributed by atoms with Crippen LogP contribution in [-0.4, -0.2) is 11.3 Å². The molecule has 0 aromatic heterocycles. The van der Waals surface area contributed by atoms with Gasteiger partial charge in [0.15, 0.2) is 0 Å². The van der Waals surface area contributed by atoms with Crippen LogP contribution in [0, 0.1) is 11.3 Å². The number of hydrogen-bond donors (Lipinski definition) is 1. The van der Waals surface area contributed by atoms with Crippen LogP contribution < -0.4 is 0 Å². The number of halogens is 3. The van der Waals surface area contributed by atoms with Gasteiger partial charge in [0.2, 0.25) is 5.76 Å². The molecular weight excluding hydrogens is 135 g/mol. The van der Waals surface area contributed by atoms with Gasteiger partial charge in [-0.1, -0.05) is 0 Å². The molecule has 0 aromatic carbocycles. The van der Waals surface area contributed by atoms with Gasteiger partial charge in [-0.3, -0.25) is 0 Å². The van der Waals surface area contributed by atoms with E-state index in [9.17, 15) is 13.2 Å². The van der Waals surface area contributed by atoms with Crippen molar-refractivity contribution in [2.75, 3.05) is 0 Å². The Kier molecular flexibility index (Phi) is 2.08. The number of rotatable bonds is 0. The molecule has 0 atom stereocenters. The first-order valence-electron chi connectivity index (χ1n) is 1.84. The van der Waals surface area contributed by atoms with E-state index >= 15 is 0 Å². The lowest BCUT2D eigenvalue weighted by molar-refractivity contribution is -0.120. The molecule has 0 aromatic rings. The van der Waals surface area contributed by atoms with Crippen LogP contribution in [0.2, 0.25) is 0 Å². The average Bonchev–Trinajstić information content (AvgIpc) is 1.64. The highest BCUT2D eigenvalue weighted by Crippen LogP contribution is 2.22. The lowest BCUT2D eigenvalue weighted by Gasteiger charge is -2.00. The maximum atomic E-state index is 11.2. The Morgan fingerprint density at radius 1 is 1.56 bits per heavy atom. The van der Waals surface area contributed by atoms with Gasteiger partial charge in [0.1, 0.15) is 0 Å². The Labute approximate surface area is 48.8 Å². The van der Waals surface area contributed by atoms with E-state index in [0.29, 0.717) is 0 Å². The molecule has 1 N–H and O–H groups in total. The van der Waals surface area contributed by atoms with E-state index in [1.165, 1.54) is 0 Å². The number of hydrogen-bond acceptors (Lipinski definition) is 2. The zero-order valence-corrected chi connectivity index (χ0v) is 4.11. The van der Waals surface area contributed by atoms with Crippen LogP contribution in [0.25, 0.3) is 0 Å². The van der Waals surface area contributed by atoms with E-state index in [1.54, 1.807) is 0 Å². The Morgan fingerprint density at radius 2 is 2.00 bits per heavy atom. The molecule has 2 nitrogen and oxygen atoms in total. The fourth-order valence-electron chi connectivity index (χ4n) is 0.143. The normalized spacial score (nSPS) is 12.9. The molecule has 0 heterocycles. The Bertz CT molecular complexity index is 164. The molecule has 0 bridgehead atoms. The first-order chi connectivity index (χ1) is 3.98. The van der Waals surface area contributed by atoms with Gasteiger partial charge in [0.05, 0.1) is 12.1 Å². The minimum Gasteiger partial charge on any atom is -0.504 e. The SMILES string of the molecule is N#C/C=C(/O)C(F)(F)F. The monoisotopic (exact) mass is 137 g/mol. The van der Waals surface area contributed by atoms with Gasteiger partial charge < -0.3 is 5.11 Å². The van der Waals surface area contributed by atoms with Crippen molar-refractivity contribution in [1.29, 1.82) is 5.26 Å². The summed E-state index contributed by atoms with van der Waals surface area (Å²) in [5, 5.41) is 15.5. The fraction of sp³-hybridized carbons (Fsp3) is 0.250. The first kappa shape index (κ1) is 7.82. The van der Waals surface area contributed by atoms with Crippen molar-refractivity contribution in [2.45, 2.75) is 6.18 Å². The third-order valence-electron chi connectivity index (χ3n) is 0.492. The molecule has 0 unspecified atom stereocenters. The van der Waals surface area contributed by atoms with E-state index in [1.807, 2.05) is 0 Å². The van der Waals surface area contributed by atoms with E-state index in [4.69, 9.17) is 10.4 Å². The number of nitrogens with zero attached hydrogens (tertiary/aromatic N) is 1. The van der Waals surface area contributed by atoms with Crippen LogP contribution in [0.4, 0.5) is 13.2 Å². The summed E-state index contributed by atoms with van der Waals surface area (Å²) in [5.74, 6) is -1.87. The predicted octanol–water partition coefficient (Wildman–Crippen LogP) is 1.51. The molecule has 0 radical (unpaired) electrons. The molecule has 0 saturated heterocycles. The van der Waals surface area contributed by atoms with E-state index < -0.39 is 11.9 Å². The largest absolute Gasteiger partial charge is 0.504 e. The summed E-state index contributed by atoms with van der Waals surface area (Å²) >= 11 is 0. The summed E-state index contributed by atoms with van der Waals surface area (Å²) in [6, 6.07) is 1.04. The van der Waals surface area contributed by atoms with Gasteiger partial charge in [0.25, 0.3) is 0 Å². The molecule has 0 rings (SSSR count). The van der Waals surface area contributed by atoms with E-state index in [0.717, 1.165) is 6.07 Å². The van der Waals surface area contributed by atoms with Gasteiger partial charge in [-0.25, -0.2) is 0 Å². The Balaban J connectivity index is 4.25. The smallest absolute Gasteiger partial charge is 0.449 e. The summed E-state index contributed by atoms with van der Waals surface area (Å²) in [5.41, 5.74) is 0. The molecule has 0 aliphatic rings. The topological polar surface area (TPSA) is 44.0 Å². The van der Waals surface area contributed by atoms with Crippen LogP contribution in [0.5, 0.6) is 0 Å². The number of nitriles is 1. The van der Waals surface area contributed by atoms with E-state index in [2.05, 4.69) is 0 Å². The second-order valence-corrected chi connectivity index (χ2v) is 1.16. The van der Waals surface area contributed by atoms with Crippen molar-refractivity contribution in [3.63, 3.8) is 0 Å². The maximum Gasteiger partial charge on any atom is 0.449 e. The molecule has 0 saturated carbocycles. The van der Waals surface area contributed by atoms with Crippen molar-refractivity contribution in [1.82, 2.24) is 0 Å². The minimum absolute atomic E-state index is 0.0278. The average molecular weight is 137 g/mol. The van der Waals surface area contributed by atoms with Crippen LogP contribution in [-0.2, 0) is 0 Å². The second kappa shape index (κ2) is 2.40. The molecular formula is C4H2F3NO. The summed E-state index contributed by atoms with van der Waals surface area (Å²) in [6.45, 7) is 0. The van der Waals surface area contributed by atoms with Gasteiger partial charge in [-0.05, 0) is 0 Å². The number of allylic oxidation sites excluding steroid dienone is 2. The highest BCUT2D eigenvalue weighted by atomic mass is 19.4. The third kappa shape index (κ3) is 2.59. The zero-order valence-electron chi connectivity index (χ0n) is 4.11. The van der Waals surface area contributed by atoms with Crippen molar-refractivity contribution in [2.24, 2.45) is 0 Å². The molecule has 0 aliphatic carbocycles.